The van der Waals surface area contributed by atoms with E-state index in [1.807, 2.05) is 0 Å². The molecule has 0 aliphatic carbocycles. The number of hydrogen-bond acceptors (Lipinski definition) is 7. The average molecular weight is 532 g/mol. The second-order valence-corrected chi connectivity index (χ2v) is 8.95. The van der Waals surface area contributed by atoms with Gasteiger partial charge in [-0.25, -0.2) is 4.79 Å². The molecule has 0 spiro atoms. The molecule has 5 rings (SSSR count). The minimum absolute atomic E-state index is 0.0633. The third kappa shape index (κ3) is 4.39. The molecule has 1 aromatic heterocycles. The van der Waals surface area contributed by atoms with E-state index in [0.717, 1.165) is 0 Å². The van der Waals surface area contributed by atoms with Crippen LogP contribution in [0, 0.1) is 0 Å². The summed E-state index contributed by atoms with van der Waals surface area (Å²) in [4.78, 5) is 40.9. The van der Waals surface area contributed by atoms with Gasteiger partial charge in [-0.05, 0) is 67.1 Å². The molecule has 9 heteroatoms. The van der Waals surface area contributed by atoms with Crippen molar-refractivity contribution in [1.29, 1.82) is 0 Å². The molecule has 0 radical (unpaired) electrons. The Balaban J connectivity index is 1.65. The number of carbonyl (C=O) groups is 3. The van der Waals surface area contributed by atoms with Gasteiger partial charge in [0.1, 0.15) is 11.3 Å². The minimum atomic E-state index is -1.04. The van der Waals surface area contributed by atoms with Crippen LogP contribution in [0.4, 0.5) is 5.69 Å². The number of ether oxygens (including phenoxy) is 2. The highest BCUT2D eigenvalue weighted by molar-refractivity contribution is 6.31. The van der Waals surface area contributed by atoms with Gasteiger partial charge >= 0.3 is 5.97 Å². The van der Waals surface area contributed by atoms with Crippen molar-refractivity contribution in [2.24, 2.45) is 0 Å². The number of fused-ring (bicyclic) bond motifs is 1. The molecule has 0 bridgehead atoms. The number of benzene rings is 3. The average Bonchev–Trinajstić information content (AvgIpc) is 3.46. The van der Waals surface area contributed by atoms with Gasteiger partial charge in [-0.2, -0.15) is 0 Å². The molecule has 0 fully saturated rings. The highest BCUT2D eigenvalue weighted by Gasteiger charge is 2.45. The van der Waals surface area contributed by atoms with Gasteiger partial charge in [0.15, 0.2) is 11.5 Å². The molecule has 192 valence electrons. The molecule has 1 amide bonds. The summed E-state index contributed by atoms with van der Waals surface area (Å²) in [7, 11) is 1.50. The number of aliphatic hydroxyl groups excluding tert-OH is 1. The van der Waals surface area contributed by atoms with E-state index < -0.39 is 29.5 Å². The Morgan fingerprint density at radius 2 is 1.84 bits per heavy atom. The van der Waals surface area contributed by atoms with Gasteiger partial charge in [0.2, 0.25) is 5.78 Å². The largest absolute Gasteiger partial charge is 0.503 e. The number of nitrogens with zero attached hydrogens (tertiary/aromatic N) is 1. The Morgan fingerprint density at radius 1 is 1.05 bits per heavy atom. The van der Waals surface area contributed by atoms with Crippen LogP contribution < -0.4 is 9.64 Å². The SMILES string of the molecule is CCOC(=O)c1cccc(N2C(=O)C(O)=C(C(=O)c3cc4cc(Cl)ccc4o3)C2c2cccc(OC)c2)c1. The van der Waals surface area contributed by atoms with Crippen molar-refractivity contribution in [3.8, 4) is 5.75 Å². The lowest BCUT2D eigenvalue weighted by Gasteiger charge is -2.27. The van der Waals surface area contributed by atoms with Gasteiger partial charge in [0, 0.05) is 16.1 Å². The van der Waals surface area contributed by atoms with E-state index in [4.69, 9.17) is 25.5 Å². The Kier molecular flexibility index (Phi) is 6.65. The summed E-state index contributed by atoms with van der Waals surface area (Å²) in [6.45, 7) is 1.87. The zero-order valence-electron chi connectivity index (χ0n) is 20.4. The first-order valence-electron chi connectivity index (χ1n) is 11.7. The van der Waals surface area contributed by atoms with Crippen LogP contribution >= 0.6 is 11.6 Å². The summed E-state index contributed by atoms with van der Waals surface area (Å²) in [5, 5.41) is 12.1. The van der Waals surface area contributed by atoms with Crippen LogP contribution in [0.5, 0.6) is 5.75 Å². The number of aliphatic hydroxyl groups is 1. The lowest BCUT2D eigenvalue weighted by molar-refractivity contribution is -0.117. The highest BCUT2D eigenvalue weighted by Crippen LogP contribution is 2.43. The molecule has 1 aliphatic rings. The summed E-state index contributed by atoms with van der Waals surface area (Å²) in [5.74, 6) is -2.32. The summed E-state index contributed by atoms with van der Waals surface area (Å²) in [6.07, 6.45) is 0. The Hall–Kier alpha value is -4.56. The normalized spacial score (nSPS) is 15.3. The van der Waals surface area contributed by atoms with Crippen LogP contribution in [0.2, 0.25) is 5.02 Å². The number of amides is 1. The van der Waals surface area contributed by atoms with Crippen molar-refractivity contribution in [2.75, 3.05) is 18.6 Å². The minimum Gasteiger partial charge on any atom is -0.503 e. The third-order valence-electron chi connectivity index (χ3n) is 6.20. The van der Waals surface area contributed by atoms with E-state index in [-0.39, 0.29) is 23.5 Å². The molecule has 0 saturated carbocycles. The molecule has 4 aromatic rings. The van der Waals surface area contributed by atoms with Crippen LogP contribution in [0.25, 0.3) is 11.0 Å². The Labute approximate surface area is 222 Å². The predicted octanol–water partition coefficient (Wildman–Crippen LogP) is 6.05. The highest BCUT2D eigenvalue weighted by atomic mass is 35.5. The molecular formula is C29H22ClNO7. The molecule has 3 aromatic carbocycles. The van der Waals surface area contributed by atoms with Crippen molar-refractivity contribution in [1.82, 2.24) is 0 Å². The maximum absolute atomic E-state index is 13.8. The fourth-order valence-electron chi connectivity index (χ4n) is 4.49. The topological polar surface area (TPSA) is 106 Å². The van der Waals surface area contributed by atoms with Crippen LogP contribution in [-0.4, -0.2) is 36.5 Å². The second kappa shape index (κ2) is 10.1. The number of carbonyl (C=O) groups excluding carboxylic acids is 3. The fraction of sp³-hybridized carbons (Fsp3) is 0.138. The van der Waals surface area contributed by atoms with E-state index in [1.54, 1.807) is 67.6 Å². The quantitative estimate of drug-likeness (QED) is 0.228. The predicted molar refractivity (Wildman–Crippen MR) is 141 cm³/mol. The lowest BCUT2D eigenvalue weighted by Crippen LogP contribution is -2.31. The standard InChI is InChI=1S/C29H22ClNO7/c1-3-37-29(35)17-7-4-8-20(13-17)31-25(16-6-5-9-21(14-16)36-2)24(27(33)28(31)34)26(32)23-15-18-12-19(30)10-11-22(18)38-23/h4-15,25,33H,3H2,1-2H3. The van der Waals surface area contributed by atoms with E-state index in [9.17, 15) is 19.5 Å². The molecule has 2 heterocycles. The number of ketones is 1. The van der Waals surface area contributed by atoms with Crippen LogP contribution in [0.3, 0.4) is 0 Å². The maximum Gasteiger partial charge on any atom is 0.338 e. The summed E-state index contributed by atoms with van der Waals surface area (Å²) >= 11 is 6.08. The van der Waals surface area contributed by atoms with E-state index in [0.29, 0.717) is 33.0 Å². The molecule has 8 nitrogen and oxygen atoms in total. The first-order valence-corrected chi connectivity index (χ1v) is 12.1. The van der Waals surface area contributed by atoms with Crippen LogP contribution in [0.1, 0.15) is 39.4 Å². The first kappa shape index (κ1) is 25.1. The maximum atomic E-state index is 13.8. The van der Waals surface area contributed by atoms with Gasteiger partial charge < -0.3 is 19.0 Å². The molecule has 0 saturated heterocycles. The molecule has 1 atom stereocenters. The van der Waals surface area contributed by atoms with Crippen LogP contribution in [0.15, 0.2) is 88.5 Å². The number of furan rings is 1. The van der Waals surface area contributed by atoms with Crippen molar-refractivity contribution in [2.45, 2.75) is 13.0 Å². The Morgan fingerprint density at radius 3 is 2.61 bits per heavy atom. The molecular weight excluding hydrogens is 510 g/mol. The molecule has 1 aliphatic heterocycles. The second-order valence-electron chi connectivity index (χ2n) is 8.51. The first-order chi connectivity index (χ1) is 18.3. The van der Waals surface area contributed by atoms with E-state index in [1.165, 1.54) is 24.1 Å². The summed E-state index contributed by atoms with van der Waals surface area (Å²) in [5.41, 5.74) is 1.27. The van der Waals surface area contributed by atoms with E-state index in [2.05, 4.69) is 0 Å². The summed E-state index contributed by atoms with van der Waals surface area (Å²) in [6, 6.07) is 18.5. The van der Waals surface area contributed by atoms with Gasteiger partial charge in [0.25, 0.3) is 5.91 Å². The smallest absolute Gasteiger partial charge is 0.338 e. The van der Waals surface area contributed by atoms with Crippen molar-refractivity contribution < 1.29 is 33.4 Å². The lowest BCUT2D eigenvalue weighted by atomic mass is 9.94. The number of hydrogen-bond donors (Lipinski definition) is 1. The number of anilines is 1. The Bertz CT molecular complexity index is 1620. The zero-order valence-corrected chi connectivity index (χ0v) is 21.2. The van der Waals surface area contributed by atoms with Gasteiger partial charge in [-0.15, -0.1) is 0 Å². The number of halogens is 1. The molecule has 38 heavy (non-hydrogen) atoms. The monoisotopic (exact) mass is 531 g/mol. The zero-order chi connectivity index (χ0) is 27.0. The number of esters is 1. The molecule has 1 N–H and O–H groups in total. The van der Waals surface area contributed by atoms with Gasteiger partial charge in [-0.3, -0.25) is 14.5 Å². The summed E-state index contributed by atoms with van der Waals surface area (Å²) < 4.78 is 16.2. The van der Waals surface area contributed by atoms with Crippen molar-refractivity contribution in [3.05, 3.63) is 106 Å². The van der Waals surface area contributed by atoms with Gasteiger partial charge in [-0.1, -0.05) is 29.8 Å². The fourth-order valence-corrected chi connectivity index (χ4v) is 4.67. The number of Topliss-reactive ketones (excluding diaryl/α,β-unsaturated/α-hetero) is 1. The third-order valence-corrected chi connectivity index (χ3v) is 6.43. The van der Waals surface area contributed by atoms with Crippen molar-refractivity contribution in [3.63, 3.8) is 0 Å². The van der Waals surface area contributed by atoms with Crippen molar-refractivity contribution >= 4 is 45.9 Å². The number of rotatable bonds is 7. The number of methoxy groups -OCH3 is 1. The van der Waals surface area contributed by atoms with E-state index >= 15 is 0 Å². The van der Waals surface area contributed by atoms with Gasteiger partial charge in [0.05, 0.1) is 30.9 Å². The molecule has 1 unspecified atom stereocenters. The van der Waals surface area contributed by atoms with Crippen LogP contribution in [-0.2, 0) is 9.53 Å².